The molecule has 0 aliphatic heterocycles. The van der Waals surface area contributed by atoms with E-state index in [1.165, 1.54) is 0 Å². The summed E-state index contributed by atoms with van der Waals surface area (Å²) < 4.78 is 147. The second-order valence-corrected chi connectivity index (χ2v) is 15.8. The monoisotopic (exact) mass is 658 g/mol. The fourth-order valence-electron chi connectivity index (χ4n) is 7.29. The maximum atomic E-state index is 15.3. The molecule has 0 fully saturated rings. The van der Waals surface area contributed by atoms with Crippen LogP contribution in [0.1, 0.15) is 33.4 Å². The SMILES string of the molecule is Cc1cc(C)c([P+](C)(CC[BH-](c2c(F)c(F)c(F)c(F)c2F)c2c(F)c(F)c(F)c(F)c2F)c2c(C)cc(C)cc2C)c(C)c1. The zero-order chi connectivity index (χ0) is 33.9. The third-order valence-electron chi connectivity index (χ3n) is 8.67. The first-order valence-electron chi connectivity index (χ1n) is 14.1. The van der Waals surface area contributed by atoms with Crippen molar-refractivity contribution in [2.45, 2.75) is 47.9 Å². The number of hydrogen-bond donors (Lipinski definition) is 0. The van der Waals surface area contributed by atoms with E-state index in [-0.39, 0.29) is 6.16 Å². The fourth-order valence-corrected chi connectivity index (χ4v) is 12.3. The van der Waals surface area contributed by atoms with Crippen molar-refractivity contribution in [2.75, 3.05) is 12.8 Å². The van der Waals surface area contributed by atoms with E-state index in [1.807, 2.05) is 72.5 Å². The molecule has 12 heteroatoms. The number of rotatable bonds is 7. The van der Waals surface area contributed by atoms with Crippen LogP contribution in [0.15, 0.2) is 24.3 Å². The predicted octanol–water partition coefficient (Wildman–Crippen LogP) is 7.57. The Morgan fingerprint density at radius 1 is 0.444 bits per heavy atom. The molecule has 0 atom stereocenters. The minimum Gasteiger partial charge on any atom is -0.207 e. The molecule has 0 aliphatic carbocycles. The fraction of sp³-hybridized carbons (Fsp3) is 0.273. The molecule has 4 aromatic carbocycles. The van der Waals surface area contributed by atoms with E-state index in [2.05, 4.69) is 0 Å². The minimum atomic E-state index is -3.65. The van der Waals surface area contributed by atoms with Gasteiger partial charge in [0.1, 0.15) is 33.9 Å². The summed E-state index contributed by atoms with van der Waals surface area (Å²) >= 11 is 0. The van der Waals surface area contributed by atoms with Crippen molar-refractivity contribution in [1.82, 2.24) is 0 Å². The lowest BCUT2D eigenvalue weighted by Crippen LogP contribution is -2.51. The van der Waals surface area contributed by atoms with Gasteiger partial charge in [-0.1, -0.05) is 35.4 Å². The van der Waals surface area contributed by atoms with E-state index < -0.39 is 89.4 Å². The first kappa shape index (κ1) is 34.5. The number of halogens is 10. The first-order chi connectivity index (χ1) is 20.8. The van der Waals surface area contributed by atoms with Gasteiger partial charge in [-0.3, -0.25) is 0 Å². The molecule has 45 heavy (non-hydrogen) atoms. The summed E-state index contributed by atoms with van der Waals surface area (Å²) in [7, 11) is -2.78. The minimum absolute atomic E-state index is 0.124. The summed E-state index contributed by atoms with van der Waals surface area (Å²) in [4.78, 5) is 0. The summed E-state index contributed by atoms with van der Waals surface area (Å²) in [6.07, 6.45) is -0.776. The molecule has 0 saturated carbocycles. The highest BCUT2D eigenvalue weighted by atomic mass is 31.2. The largest absolute Gasteiger partial charge is 0.207 e. The molecule has 0 N–H and O–H groups in total. The van der Waals surface area contributed by atoms with Crippen LogP contribution in [0.5, 0.6) is 0 Å². The molecule has 0 heterocycles. The number of benzene rings is 4. The summed E-state index contributed by atoms with van der Waals surface area (Å²) in [5.74, 6) is -24.1. The summed E-state index contributed by atoms with van der Waals surface area (Å²) in [6.45, 7) is 9.41. The van der Waals surface area contributed by atoms with Crippen LogP contribution in [0.25, 0.3) is 0 Å². The van der Waals surface area contributed by atoms with Crippen LogP contribution in [0.2, 0.25) is 6.32 Å². The average Bonchev–Trinajstić information content (AvgIpc) is 2.94. The topological polar surface area (TPSA) is 0 Å². The van der Waals surface area contributed by atoms with Crippen LogP contribution < -0.4 is 21.5 Å². The maximum Gasteiger partial charge on any atom is 0.200 e. The van der Waals surface area contributed by atoms with Crippen LogP contribution in [0.4, 0.5) is 43.9 Å². The predicted molar refractivity (Wildman–Crippen MR) is 162 cm³/mol. The van der Waals surface area contributed by atoms with Gasteiger partial charge in [0.25, 0.3) is 0 Å². The van der Waals surface area contributed by atoms with Gasteiger partial charge in [0.2, 0.25) is 0 Å². The molecule has 0 unspecified atom stereocenters. The smallest absolute Gasteiger partial charge is 0.200 e. The van der Waals surface area contributed by atoms with Gasteiger partial charge in [-0.05, 0) is 63.8 Å². The van der Waals surface area contributed by atoms with E-state index in [9.17, 15) is 26.3 Å². The average molecular weight is 658 g/mol. The number of aryl methyl sites for hydroxylation is 6. The molecule has 0 aromatic heterocycles. The van der Waals surface area contributed by atoms with Crippen molar-refractivity contribution in [2.24, 2.45) is 0 Å². The van der Waals surface area contributed by atoms with Gasteiger partial charge in [-0.2, -0.15) is 0 Å². The molecule has 0 saturated heterocycles. The lowest BCUT2D eigenvalue weighted by molar-refractivity contribution is 0.382. The lowest BCUT2D eigenvalue weighted by atomic mass is 9.38. The zero-order valence-electron chi connectivity index (χ0n) is 25.7. The van der Waals surface area contributed by atoms with Crippen molar-refractivity contribution in [1.29, 1.82) is 0 Å². The Balaban J connectivity index is 2.08. The summed E-state index contributed by atoms with van der Waals surface area (Å²) in [5, 5.41) is 1.69. The third kappa shape index (κ3) is 5.77. The van der Waals surface area contributed by atoms with Gasteiger partial charge in [-0.15, -0.1) is 17.2 Å². The molecule has 240 valence electrons. The van der Waals surface area contributed by atoms with E-state index in [1.54, 1.807) is 0 Å². The van der Waals surface area contributed by atoms with E-state index in [0.29, 0.717) is 0 Å². The molecule has 4 aromatic rings. The zero-order valence-corrected chi connectivity index (χ0v) is 26.6. The van der Waals surface area contributed by atoms with Crippen molar-refractivity contribution in [3.05, 3.63) is 116 Å². The molecular formula is C33H30BF10P. The van der Waals surface area contributed by atoms with Gasteiger partial charge in [-0.25, -0.2) is 43.9 Å². The van der Waals surface area contributed by atoms with E-state index in [4.69, 9.17) is 0 Å². The second kappa shape index (κ2) is 12.5. The Labute approximate surface area is 255 Å². The van der Waals surface area contributed by atoms with Gasteiger partial charge in [0.05, 0.1) is 20.6 Å². The lowest BCUT2D eigenvalue weighted by Gasteiger charge is -2.34. The molecule has 0 bridgehead atoms. The van der Waals surface area contributed by atoms with Crippen molar-refractivity contribution < 1.29 is 43.9 Å². The molecule has 0 amide bonds. The van der Waals surface area contributed by atoms with Crippen LogP contribution in [0, 0.1) is 99.7 Å². The first-order valence-corrected chi connectivity index (χ1v) is 16.5. The van der Waals surface area contributed by atoms with Crippen molar-refractivity contribution >= 4 is 35.5 Å². The maximum absolute atomic E-state index is 15.3. The number of hydrogen-bond acceptors (Lipinski definition) is 0. The Morgan fingerprint density at radius 3 is 0.956 bits per heavy atom. The highest BCUT2D eigenvalue weighted by molar-refractivity contribution is 7.89. The Morgan fingerprint density at radius 2 is 0.689 bits per heavy atom. The van der Waals surface area contributed by atoms with Crippen LogP contribution in [0.3, 0.4) is 0 Å². The molecule has 0 spiro atoms. The van der Waals surface area contributed by atoms with E-state index in [0.717, 1.165) is 44.0 Å². The van der Waals surface area contributed by atoms with Gasteiger partial charge >= 0.3 is 0 Å². The second-order valence-electron chi connectivity index (χ2n) is 12.0. The molecular weight excluding hydrogens is 628 g/mol. The Kier molecular flexibility index (Phi) is 9.57. The summed E-state index contributed by atoms with van der Waals surface area (Å²) in [5.41, 5.74) is 2.01. The van der Waals surface area contributed by atoms with Crippen molar-refractivity contribution in [3.63, 3.8) is 0 Å². The van der Waals surface area contributed by atoms with Crippen LogP contribution >= 0.6 is 7.26 Å². The third-order valence-corrected chi connectivity index (χ3v) is 13.3. The molecule has 4 rings (SSSR count). The van der Waals surface area contributed by atoms with Gasteiger partial charge in [0.15, 0.2) is 34.9 Å². The van der Waals surface area contributed by atoms with Crippen LogP contribution in [-0.2, 0) is 0 Å². The standard InChI is InChI=1S/C33H30BF10P/c1-14-10-16(3)32(17(4)11-14)45(7,33-18(5)12-15(2)13-19(33)6)9-8-34(20-22(35)26(39)30(43)27(40)23(20)36)21-24(37)28(41)31(44)29(42)25(21)38/h10-13,34H,8-9H2,1-7H3. The van der Waals surface area contributed by atoms with Crippen molar-refractivity contribution in [3.8, 4) is 0 Å². The normalized spacial score (nSPS) is 12.0. The Hall–Kier alpha value is -3.33. The highest BCUT2D eigenvalue weighted by Gasteiger charge is 2.43. The molecule has 0 aliphatic rings. The van der Waals surface area contributed by atoms with Crippen LogP contribution in [-0.4, -0.2) is 19.5 Å². The molecule has 0 radical (unpaired) electrons. The van der Waals surface area contributed by atoms with E-state index >= 15 is 17.6 Å². The Bertz CT molecular complexity index is 1620. The quantitative estimate of drug-likeness (QED) is 0.0633. The van der Waals surface area contributed by atoms with Gasteiger partial charge in [0, 0.05) is 6.16 Å². The highest BCUT2D eigenvalue weighted by Crippen LogP contribution is 2.56. The summed E-state index contributed by atoms with van der Waals surface area (Å²) in [6, 6.07) is 7.66. The molecule has 0 nitrogen and oxygen atoms in total. The van der Waals surface area contributed by atoms with Gasteiger partial charge < -0.3 is 0 Å².